The number of anilines is 2. The lowest BCUT2D eigenvalue weighted by atomic mass is 10.0. The van der Waals surface area contributed by atoms with Gasteiger partial charge >= 0.3 is 0 Å². The molecular formula is C27H29ClFN7O2. The van der Waals surface area contributed by atoms with Crippen LogP contribution in [0, 0.1) is 5.82 Å². The first-order valence-electron chi connectivity index (χ1n) is 12.4. The van der Waals surface area contributed by atoms with Crippen molar-refractivity contribution in [3.8, 4) is 5.82 Å². The lowest BCUT2D eigenvalue weighted by Gasteiger charge is -2.29. The molecule has 1 amide bonds. The van der Waals surface area contributed by atoms with Crippen molar-refractivity contribution < 1.29 is 14.3 Å². The lowest BCUT2D eigenvalue weighted by molar-refractivity contribution is 0.0738. The van der Waals surface area contributed by atoms with Gasteiger partial charge in [-0.1, -0.05) is 17.7 Å². The van der Waals surface area contributed by atoms with Crippen molar-refractivity contribution in [2.45, 2.75) is 38.3 Å². The summed E-state index contributed by atoms with van der Waals surface area (Å²) >= 11 is 6.45. The quantitative estimate of drug-likeness (QED) is 0.334. The second-order valence-corrected chi connectivity index (χ2v) is 10.5. The highest BCUT2D eigenvalue weighted by atomic mass is 35.5. The van der Waals surface area contributed by atoms with E-state index in [0.717, 1.165) is 25.9 Å². The number of hydrogen-bond donors (Lipinski definition) is 3. The third kappa shape index (κ3) is 5.47. The number of benzene rings is 1. The normalized spacial score (nSPS) is 15.1. The highest BCUT2D eigenvalue weighted by Crippen LogP contribution is 2.27. The van der Waals surface area contributed by atoms with E-state index in [-0.39, 0.29) is 23.3 Å². The number of nitrogens with zero attached hydrogens (tertiary/aromatic N) is 5. The van der Waals surface area contributed by atoms with E-state index in [9.17, 15) is 14.3 Å². The van der Waals surface area contributed by atoms with Crippen LogP contribution in [0.25, 0.3) is 16.9 Å². The van der Waals surface area contributed by atoms with Gasteiger partial charge in [0.15, 0.2) is 11.5 Å². The molecule has 0 saturated carbocycles. The molecule has 0 spiro atoms. The molecule has 4 aromatic rings. The number of carbonyl (C=O) groups is 1. The second kappa shape index (κ2) is 10.3. The van der Waals surface area contributed by atoms with E-state index in [1.165, 1.54) is 17.0 Å². The van der Waals surface area contributed by atoms with E-state index < -0.39 is 11.4 Å². The van der Waals surface area contributed by atoms with Gasteiger partial charge in [0.05, 0.1) is 21.7 Å². The molecule has 1 aromatic carbocycles. The SMILES string of the molecule is CN1CCC(NC(=O)c2ccc(Nc3ncc4c(F)cn(-c5cccc(C(C)(C)O)n5)c4n3)cc2Cl)CC1. The number of halogens is 2. The van der Waals surface area contributed by atoms with Crippen LogP contribution in [0.3, 0.4) is 0 Å². The van der Waals surface area contributed by atoms with Crippen molar-refractivity contribution in [1.82, 2.24) is 29.7 Å². The van der Waals surface area contributed by atoms with Crippen molar-refractivity contribution in [2.24, 2.45) is 0 Å². The number of likely N-dealkylation sites (tertiary alicyclic amines) is 1. The molecule has 3 N–H and O–H groups in total. The number of nitrogens with one attached hydrogen (secondary N) is 2. The largest absolute Gasteiger partial charge is 0.384 e. The number of rotatable bonds is 6. The molecule has 0 atom stereocenters. The number of aliphatic hydroxyl groups is 1. The average Bonchev–Trinajstić information content (AvgIpc) is 3.20. The molecule has 3 aromatic heterocycles. The fraction of sp³-hybridized carbons (Fsp3) is 0.333. The molecular weight excluding hydrogens is 509 g/mol. The minimum atomic E-state index is -1.16. The highest BCUT2D eigenvalue weighted by molar-refractivity contribution is 6.34. The van der Waals surface area contributed by atoms with E-state index in [0.29, 0.717) is 33.4 Å². The number of pyridine rings is 1. The van der Waals surface area contributed by atoms with Gasteiger partial charge < -0.3 is 20.6 Å². The number of carbonyl (C=O) groups excluding carboxylic acids is 1. The number of fused-ring (bicyclic) bond motifs is 1. The van der Waals surface area contributed by atoms with Gasteiger partial charge in [0, 0.05) is 24.1 Å². The number of piperidine rings is 1. The zero-order valence-electron chi connectivity index (χ0n) is 21.4. The molecule has 5 rings (SSSR count). The summed E-state index contributed by atoms with van der Waals surface area (Å²) in [5, 5.41) is 17.0. The molecule has 9 nitrogen and oxygen atoms in total. The molecule has 0 aliphatic carbocycles. The molecule has 0 radical (unpaired) electrons. The summed E-state index contributed by atoms with van der Waals surface area (Å²) in [5.41, 5.74) is 0.557. The van der Waals surface area contributed by atoms with E-state index >= 15 is 0 Å². The van der Waals surface area contributed by atoms with Gasteiger partial charge in [-0.15, -0.1) is 0 Å². The summed E-state index contributed by atoms with van der Waals surface area (Å²) in [5.74, 6) is -0.0748. The summed E-state index contributed by atoms with van der Waals surface area (Å²) in [6.45, 7) is 5.15. The van der Waals surface area contributed by atoms with Gasteiger partial charge in [-0.25, -0.2) is 14.4 Å². The Morgan fingerprint density at radius 1 is 1.18 bits per heavy atom. The molecule has 1 saturated heterocycles. The van der Waals surface area contributed by atoms with Crippen LogP contribution in [-0.4, -0.2) is 61.6 Å². The molecule has 0 unspecified atom stereocenters. The van der Waals surface area contributed by atoms with E-state index in [1.807, 2.05) is 0 Å². The monoisotopic (exact) mass is 537 g/mol. The topological polar surface area (TPSA) is 108 Å². The summed E-state index contributed by atoms with van der Waals surface area (Å²) in [4.78, 5) is 28.2. The van der Waals surface area contributed by atoms with Crippen LogP contribution in [0.5, 0.6) is 0 Å². The Morgan fingerprint density at radius 3 is 2.66 bits per heavy atom. The van der Waals surface area contributed by atoms with Crippen LogP contribution in [0.1, 0.15) is 42.7 Å². The van der Waals surface area contributed by atoms with Crippen LogP contribution in [0.15, 0.2) is 48.8 Å². The maximum atomic E-state index is 14.7. The van der Waals surface area contributed by atoms with Crippen molar-refractivity contribution in [1.29, 1.82) is 0 Å². The van der Waals surface area contributed by atoms with Crippen molar-refractivity contribution in [2.75, 3.05) is 25.5 Å². The standard InChI is InChI=1S/C27H29ClFN7O2/c1-27(2,38)22-5-4-6-23(33-22)36-15-21(29)19-14-30-26(34-24(19)36)32-17-7-8-18(20(28)13-17)25(37)31-16-9-11-35(3)12-10-16/h4-8,13-16,38H,9-12H2,1-3H3,(H,31,37)(H,30,32,34). The van der Waals surface area contributed by atoms with Gasteiger partial charge in [-0.05, 0) is 77.2 Å². The van der Waals surface area contributed by atoms with E-state index in [1.54, 1.807) is 50.2 Å². The number of amides is 1. The Labute approximate surface area is 224 Å². The van der Waals surface area contributed by atoms with E-state index in [2.05, 4.69) is 37.5 Å². The van der Waals surface area contributed by atoms with Gasteiger partial charge in [0.2, 0.25) is 5.95 Å². The van der Waals surface area contributed by atoms with Gasteiger partial charge in [0.1, 0.15) is 11.4 Å². The van der Waals surface area contributed by atoms with Gasteiger partial charge in [-0.2, -0.15) is 4.98 Å². The van der Waals surface area contributed by atoms with Crippen molar-refractivity contribution in [3.63, 3.8) is 0 Å². The third-order valence-electron chi connectivity index (χ3n) is 6.63. The first-order chi connectivity index (χ1) is 18.1. The highest BCUT2D eigenvalue weighted by Gasteiger charge is 2.22. The van der Waals surface area contributed by atoms with Crippen LogP contribution in [0.2, 0.25) is 5.02 Å². The third-order valence-corrected chi connectivity index (χ3v) is 6.94. The lowest BCUT2D eigenvalue weighted by Crippen LogP contribution is -2.43. The zero-order valence-corrected chi connectivity index (χ0v) is 22.1. The molecule has 38 heavy (non-hydrogen) atoms. The van der Waals surface area contributed by atoms with Crippen molar-refractivity contribution >= 4 is 40.2 Å². The van der Waals surface area contributed by atoms with Gasteiger partial charge in [0.25, 0.3) is 5.91 Å². The molecule has 11 heteroatoms. The number of hydrogen-bond acceptors (Lipinski definition) is 7. The second-order valence-electron chi connectivity index (χ2n) is 10.1. The minimum absolute atomic E-state index is 0.128. The predicted octanol–water partition coefficient (Wildman–Crippen LogP) is 4.40. The van der Waals surface area contributed by atoms with Crippen LogP contribution >= 0.6 is 11.6 Å². The first kappa shape index (κ1) is 26.0. The maximum absolute atomic E-state index is 14.7. The molecule has 0 bridgehead atoms. The smallest absolute Gasteiger partial charge is 0.253 e. The zero-order chi connectivity index (χ0) is 27.0. The summed E-state index contributed by atoms with van der Waals surface area (Å²) in [6, 6.07) is 10.3. The van der Waals surface area contributed by atoms with Crippen LogP contribution < -0.4 is 10.6 Å². The van der Waals surface area contributed by atoms with Crippen LogP contribution in [-0.2, 0) is 5.60 Å². The Hall–Kier alpha value is -3.60. The first-order valence-corrected chi connectivity index (χ1v) is 12.8. The molecule has 1 aliphatic heterocycles. The Kier molecular flexibility index (Phi) is 7.04. The molecule has 1 fully saturated rings. The Morgan fingerprint density at radius 2 is 1.95 bits per heavy atom. The molecule has 1 aliphatic rings. The van der Waals surface area contributed by atoms with Crippen molar-refractivity contribution in [3.05, 3.63) is 70.9 Å². The van der Waals surface area contributed by atoms with Crippen LogP contribution in [0.4, 0.5) is 16.0 Å². The molecule has 4 heterocycles. The molecule has 198 valence electrons. The Bertz CT molecular complexity index is 1490. The maximum Gasteiger partial charge on any atom is 0.253 e. The average molecular weight is 538 g/mol. The fourth-order valence-corrected chi connectivity index (χ4v) is 4.69. The summed E-state index contributed by atoms with van der Waals surface area (Å²) in [7, 11) is 2.07. The summed E-state index contributed by atoms with van der Waals surface area (Å²) in [6.07, 6.45) is 4.48. The minimum Gasteiger partial charge on any atom is -0.384 e. The predicted molar refractivity (Wildman–Crippen MR) is 145 cm³/mol. The Balaban J connectivity index is 1.37. The van der Waals surface area contributed by atoms with Gasteiger partial charge in [-0.3, -0.25) is 9.36 Å². The number of aromatic nitrogens is 4. The van der Waals surface area contributed by atoms with E-state index in [4.69, 9.17) is 11.6 Å². The fourth-order valence-electron chi connectivity index (χ4n) is 4.42. The summed E-state index contributed by atoms with van der Waals surface area (Å²) < 4.78 is 16.2.